The van der Waals surface area contributed by atoms with Crippen LogP contribution in [0.25, 0.3) is 0 Å². The molecule has 4 heteroatoms. The third kappa shape index (κ3) is 5.07. The number of ether oxygens (including phenoxy) is 1. The summed E-state index contributed by atoms with van der Waals surface area (Å²) in [5.74, 6) is -0.190. The van der Waals surface area contributed by atoms with Crippen LogP contribution in [-0.4, -0.2) is 19.1 Å². The summed E-state index contributed by atoms with van der Waals surface area (Å²) < 4.78 is 5.14. The van der Waals surface area contributed by atoms with Gasteiger partial charge in [0.2, 0.25) is 0 Å². The van der Waals surface area contributed by atoms with Crippen molar-refractivity contribution in [3.63, 3.8) is 0 Å². The van der Waals surface area contributed by atoms with Crippen molar-refractivity contribution in [2.75, 3.05) is 13.2 Å². The Bertz CT molecular complexity index is 365. The number of hydrogen-bond donors (Lipinski definition) is 1. The Labute approximate surface area is 113 Å². The third-order valence-electron chi connectivity index (χ3n) is 2.80. The van der Waals surface area contributed by atoms with Crippen molar-refractivity contribution in [2.45, 2.75) is 32.1 Å². The molecule has 0 aliphatic heterocycles. The van der Waals surface area contributed by atoms with E-state index in [1.54, 1.807) is 0 Å². The van der Waals surface area contributed by atoms with E-state index in [4.69, 9.17) is 22.1 Å². The van der Waals surface area contributed by atoms with Gasteiger partial charge in [-0.05, 0) is 30.7 Å². The number of nitrogens with two attached hydrogens (primary N) is 1. The molecule has 2 N–H and O–H groups in total. The Hall–Kier alpha value is -1.06. The van der Waals surface area contributed by atoms with Crippen LogP contribution >= 0.6 is 11.6 Å². The average Bonchev–Trinajstić information content (AvgIpc) is 2.37. The normalized spacial score (nSPS) is 12.2. The monoisotopic (exact) mass is 269 g/mol. The Kier molecular flexibility index (Phi) is 6.76. The first-order valence-corrected chi connectivity index (χ1v) is 6.66. The Morgan fingerprint density at radius 1 is 1.39 bits per heavy atom. The van der Waals surface area contributed by atoms with Gasteiger partial charge in [0.05, 0.1) is 13.0 Å². The maximum absolute atomic E-state index is 11.6. The number of halogens is 1. The molecule has 100 valence electrons. The lowest BCUT2D eigenvalue weighted by Crippen LogP contribution is -2.18. The van der Waals surface area contributed by atoms with E-state index >= 15 is 0 Å². The molecule has 3 nitrogen and oxygen atoms in total. The van der Waals surface area contributed by atoms with Crippen LogP contribution in [0.5, 0.6) is 0 Å². The molecule has 0 bridgehead atoms. The van der Waals surface area contributed by atoms with E-state index < -0.39 is 0 Å². The molecule has 0 spiro atoms. The van der Waals surface area contributed by atoms with Crippen molar-refractivity contribution in [3.05, 3.63) is 34.9 Å². The molecule has 0 aliphatic carbocycles. The first kappa shape index (κ1) is 15.0. The maximum Gasteiger partial charge on any atom is 0.306 e. The van der Waals surface area contributed by atoms with Crippen LogP contribution in [0.15, 0.2) is 24.3 Å². The number of rotatable bonds is 7. The van der Waals surface area contributed by atoms with Gasteiger partial charge >= 0.3 is 5.97 Å². The Morgan fingerprint density at radius 2 is 2.06 bits per heavy atom. The second-order valence-electron chi connectivity index (χ2n) is 4.26. The molecule has 0 radical (unpaired) electrons. The second kappa shape index (κ2) is 8.11. The lowest BCUT2D eigenvalue weighted by Gasteiger charge is -2.14. The summed E-state index contributed by atoms with van der Waals surface area (Å²) in [5.41, 5.74) is 6.73. The predicted octanol–water partition coefficient (Wildman–Crippen LogP) is 3.12. The summed E-state index contributed by atoms with van der Waals surface area (Å²) in [4.78, 5) is 11.6. The van der Waals surface area contributed by atoms with E-state index in [0.29, 0.717) is 24.6 Å². The summed E-state index contributed by atoms with van der Waals surface area (Å²) >= 11 is 5.83. The van der Waals surface area contributed by atoms with Gasteiger partial charge in [0.15, 0.2) is 0 Å². The minimum atomic E-state index is -0.186. The van der Waals surface area contributed by atoms with Crippen LogP contribution in [0.3, 0.4) is 0 Å². The molecule has 1 aromatic carbocycles. The number of carbonyl (C=O) groups excluding carboxylic acids is 1. The van der Waals surface area contributed by atoms with Gasteiger partial charge in [0, 0.05) is 10.9 Å². The van der Waals surface area contributed by atoms with Gasteiger partial charge in [0.25, 0.3) is 0 Å². The van der Waals surface area contributed by atoms with Crippen LogP contribution in [0, 0.1) is 0 Å². The van der Waals surface area contributed by atoms with Gasteiger partial charge < -0.3 is 10.5 Å². The van der Waals surface area contributed by atoms with Gasteiger partial charge in [-0.3, -0.25) is 4.79 Å². The molecular weight excluding hydrogens is 250 g/mol. The van der Waals surface area contributed by atoms with E-state index in [0.717, 1.165) is 18.4 Å². The van der Waals surface area contributed by atoms with E-state index in [2.05, 4.69) is 6.92 Å². The van der Waals surface area contributed by atoms with Crippen LogP contribution in [-0.2, 0) is 9.53 Å². The fourth-order valence-electron chi connectivity index (χ4n) is 1.66. The zero-order valence-electron chi connectivity index (χ0n) is 10.7. The number of hydrogen-bond acceptors (Lipinski definition) is 3. The van der Waals surface area contributed by atoms with Crippen molar-refractivity contribution in [1.82, 2.24) is 0 Å². The highest BCUT2D eigenvalue weighted by atomic mass is 35.5. The summed E-state index contributed by atoms with van der Waals surface area (Å²) in [6, 6.07) is 7.42. The molecule has 0 fully saturated rings. The van der Waals surface area contributed by atoms with Crippen LogP contribution < -0.4 is 5.73 Å². The standard InChI is InChI=1S/C14H20ClNO2/c1-2-3-8-18-14(17)9-12(10-16)11-4-6-13(15)7-5-11/h4-7,12H,2-3,8-10,16H2,1H3. The molecule has 0 amide bonds. The fraction of sp³-hybridized carbons (Fsp3) is 0.500. The predicted molar refractivity (Wildman–Crippen MR) is 73.7 cm³/mol. The van der Waals surface area contributed by atoms with Crippen molar-refractivity contribution in [1.29, 1.82) is 0 Å². The fourth-order valence-corrected chi connectivity index (χ4v) is 1.79. The molecule has 1 rings (SSSR count). The smallest absolute Gasteiger partial charge is 0.306 e. The molecule has 0 aromatic heterocycles. The first-order chi connectivity index (χ1) is 8.67. The highest BCUT2D eigenvalue weighted by molar-refractivity contribution is 6.30. The molecule has 0 aliphatic rings. The van der Waals surface area contributed by atoms with Gasteiger partial charge in [-0.25, -0.2) is 0 Å². The largest absolute Gasteiger partial charge is 0.466 e. The molecule has 0 heterocycles. The topological polar surface area (TPSA) is 52.3 Å². The number of carbonyl (C=O) groups is 1. The van der Waals surface area contributed by atoms with Crippen LogP contribution in [0.1, 0.15) is 37.7 Å². The van der Waals surface area contributed by atoms with Crippen molar-refractivity contribution < 1.29 is 9.53 Å². The minimum absolute atomic E-state index is 0.00334. The highest BCUT2D eigenvalue weighted by Gasteiger charge is 2.15. The minimum Gasteiger partial charge on any atom is -0.466 e. The molecule has 18 heavy (non-hydrogen) atoms. The summed E-state index contributed by atoms with van der Waals surface area (Å²) in [6.45, 7) is 2.97. The van der Waals surface area contributed by atoms with Gasteiger partial charge in [0.1, 0.15) is 0 Å². The maximum atomic E-state index is 11.6. The van der Waals surface area contributed by atoms with E-state index in [1.165, 1.54) is 0 Å². The highest BCUT2D eigenvalue weighted by Crippen LogP contribution is 2.21. The Balaban J connectivity index is 2.51. The number of benzene rings is 1. The summed E-state index contributed by atoms with van der Waals surface area (Å²) in [6.07, 6.45) is 2.24. The molecule has 0 saturated heterocycles. The lowest BCUT2D eigenvalue weighted by molar-refractivity contribution is -0.144. The van der Waals surface area contributed by atoms with E-state index in [1.807, 2.05) is 24.3 Å². The van der Waals surface area contributed by atoms with Gasteiger partial charge in [-0.1, -0.05) is 37.1 Å². The zero-order valence-corrected chi connectivity index (χ0v) is 11.5. The zero-order chi connectivity index (χ0) is 13.4. The van der Waals surface area contributed by atoms with E-state index in [9.17, 15) is 4.79 Å². The van der Waals surface area contributed by atoms with E-state index in [-0.39, 0.29) is 11.9 Å². The molecule has 1 atom stereocenters. The molecule has 0 saturated carbocycles. The Morgan fingerprint density at radius 3 is 2.61 bits per heavy atom. The lowest BCUT2D eigenvalue weighted by atomic mass is 9.96. The summed E-state index contributed by atoms with van der Waals surface area (Å²) in [5, 5.41) is 0.681. The quantitative estimate of drug-likeness (QED) is 0.611. The van der Waals surface area contributed by atoms with Gasteiger partial charge in [-0.15, -0.1) is 0 Å². The summed E-state index contributed by atoms with van der Waals surface area (Å²) in [7, 11) is 0. The van der Waals surface area contributed by atoms with Crippen molar-refractivity contribution in [2.24, 2.45) is 5.73 Å². The SMILES string of the molecule is CCCCOC(=O)CC(CN)c1ccc(Cl)cc1. The van der Waals surface area contributed by atoms with Crippen molar-refractivity contribution >= 4 is 17.6 Å². The second-order valence-corrected chi connectivity index (χ2v) is 4.70. The first-order valence-electron chi connectivity index (χ1n) is 6.28. The van der Waals surface area contributed by atoms with Crippen molar-refractivity contribution in [3.8, 4) is 0 Å². The van der Waals surface area contributed by atoms with Crippen LogP contribution in [0.2, 0.25) is 5.02 Å². The number of unbranched alkanes of at least 4 members (excludes halogenated alkanes) is 1. The van der Waals surface area contributed by atoms with Crippen LogP contribution in [0.4, 0.5) is 0 Å². The molecule has 1 aromatic rings. The third-order valence-corrected chi connectivity index (χ3v) is 3.05. The molecule has 1 unspecified atom stereocenters. The molecular formula is C14H20ClNO2. The number of esters is 1. The van der Waals surface area contributed by atoms with Gasteiger partial charge in [-0.2, -0.15) is 0 Å². The average molecular weight is 270 g/mol.